The van der Waals surface area contributed by atoms with Crippen molar-refractivity contribution in [1.29, 1.82) is 0 Å². The number of aliphatic hydroxyl groups is 1. The molecule has 0 aliphatic carbocycles. The first kappa shape index (κ1) is 20.0. The first-order chi connectivity index (χ1) is 15.1. The number of hydrogen-bond donors (Lipinski definition) is 4. The summed E-state index contributed by atoms with van der Waals surface area (Å²) >= 11 is 0. The summed E-state index contributed by atoms with van der Waals surface area (Å²) in [4.78, 5) is 12.5. The van der Waals surface area contributed by atoms with Gasteiger partial charge in [-0.3, -0.25) is 0 Å². The van der Waals surface area contributed by atoms with Gasteiger partial charge in [-0.05, 0) is 24.3 Å². The van der Waals surface area contributed by atoms with Gasteiger partial charge in [-0.1, -0.05) is 18.2 Å². The van der Waals surface area contributed by atoms with Crippen molar-refractivity contribution in [2.75, 3.05) is 29.6 Å². The van der Waals surface area contributed by atoms with Gasteiger partial charge in [-0.15, -0.1) is 5.10 Å². The normalized spacial score (nSPS) is 10.6. The van der Waals surface area contributed by atoms with Gasteiger partial charge >= 0.3 is 0 Å². The summed E-state index contributed by atoms with van der Waals surface area (Å²) in [6.07, 6.45) is 1.37. The quantitative estimate of drug-likeness (QED) is 0.338. The van der Waals surface area contributed by atoms with Gasteiger partial charge in [0.25, 0.3) is 0 Å². The highest BCUT2D eigenvalue weighted by atomic mass is 19.1. The average Bonchev–Trinajstić information content (AvgIpc) is 3.15. The molecule has 11 heteroatoms. The maximum Gasteiger partial charge on any atom is 0.248 e. The van der Waals surface area contributed by atoms with Crippen LogP contribution >= 0.6 is 0 Å². The lowest BCUT2D eigenvalue weighted by Crippen LogP contribution is -2.06. The standard InChI is InChI=1S/C20H19FN8O2/c21-15-10-14(31-9-8-30)6-7-16(15)26-20-27-19(22)29(28-20)18-11-17(23-12-24-18)25-13-4-2-1-3-5-13/h1-7,10-12,30H,8-9H2,(H,23,24,25)(H3,22,26,27,28). The van der Waals surface area contributed by atoms with Crippen LogP contribution in [0.4, 0.5) is 33.5 Å². The van der Waals surface area contributed by atoms with E-state index in [9.17, 15) is 4.39 Å². The first-order valence-electron chi connectivity index (χ1n) is 9.29. The molecule has 0 atom stereocenters. The van der Waals surface area contributed by atoms with Crippen LogP contribution in [-0.2, 0) is 0 Å². The number of aliphatic hydroxyl groups excluding tert-OH is 1. The van der Waals surface area contributed by atoms with Crippen LogP contribution in [0.5, 0.6) is 5.75 Å². The Balaban J connectivity index is 1.52. The first-order valence-corrected chi connectivity index (χ1v) is 9.29. The number of hydrogen-bond acceptors (Lipinski definition) is 9. The minimum Gasteiger partial charge on any atom is -0.491 e. The molecule has 2 heterocycles. The molecule has 5 N–H and O–H groups in total. The van der Waals surface area contributed by atoms with Crippen LogP contribution in [0.3, 0.4) is 0 Å². The molecule has 0 spiro atoms. The summed E-state index contributed by atoms with van der Waals surface area (Å²) in [5.74, 6) is 0.827. The van der Waals surface area contributed by atoms with Crippen LogP contribution < -0.4 is 21.1 Å². The minimum absolute atomic E-state index is 0.0650. The lowest BCUT2D eigenvalue weighted by molar-refractivity contribution is 0.201. The molecule has 2 aromatic heterocycles. The lowest BCUT2D eigenvalue weighted by atomic mass is 10.3. The molecule has 4 rings (SSSR count). The van der Waals surface area contributed by atoms with Gasteiger partial charge in [0.15, 0.2) is 5.82 Å². The van der Waals surface area contributed by atoms with E-state index in [0.29, 0.717) is 17.4 Å². The summed E-state index contributed by atoms with van der Waals surface area (Å²) in [6, 6.07) is 15.4. The van der Waals surface area contributed by atoms with E-state index in [1.165, 1.54) is 23.1 Å². The second-order valence-corrected chi connectivity index (χ2v) is 6.30. The molecule has 0 saturated carbocycles. The van der Waals surface area contributed by atoms with Crippen LogP contribution in [0.2, 0.25) is 0 Å². The van der Waals surface area contributed by atoms with Crippen molar-refractivity contribution in [2.24, 2.45) is 0 Å². The molecule has 31 heavy (non-hydrogen) atoms. The fourth-order valence-corrected chi connectivity index (χ4v) is 2.72. The van der Waals surface area contributed by atoms with Crippen molar-refractivity contribution in [2.45, 2.75) is 0 Å². The number of ether oxygens (including phenoxy) is 1. The van der Waals surface area contributed by atoms with E-state index in [1.807, 2.05) is 30.3 Å². The zero-order chi connectivity index (χ0) is 21.6. The molecular formula is C20H19FN8O2. The van der Waals surface area contributed by atoms with Gasteiger partial charge in [-0.2, -0.15) is 9.67 Å². The topological polar surface area (TPSA) is 136 Å². The summed E-state index contributed by atoms with van der Waals surface area (Å²) in [5.41, 5.74) is 6.98. The smallest absolute Gasteiger partial charge is 0.248 e. The number of nitrogens with two attached hydrogens (primary N) is 1. The van der Waals surface area contributed by atoms with Crippen molar-refractivity contribution in [3.63, 3.8) is 0 Å². The third-order valence-corrected chi connectivity index (χ3v) is 4.10. The van der Waals surface area contributed by atoms with Crippen molar-refractivity contribution >= 4 is 29.1 Å². The predicted molar refractivity (Wildman–Crippen MR) is 113 cm³/mol. The fourth-order valence-electron chi connectivity index (χ4n) is 2.72. The number of nitrogens with one attached hydrogen (secondary N) is 2. The van der Waals surface area contributed by atoms with Crippen LogP contribution in [0.1, 0.15) is 0 Å². The molecule has 0 unspecified atom stereocenters. The van der Waals surface area contributed by atoms with Crippen molar-refractivity contribution in [3.05, 3.63) is 66.7 Å². The number of para-hydroxylation sites is 1. The van der Waals surface area contributed by atoms with Gasteiger partial charge in [-0.25, -0.2) is 14.4 Å². The van der Waals surface area contributed by atoms with E-state index < -0.39 is 5.82 Å². The van der Waals surface area contributed by atoms with Crippen molar-refractivity contribution in [1.82, 2.24) is 24.7 Å². The van der Waals surface area contributed by atoms with E-state index in [2.05, 4.69) is 30.7 Å². The number of rotatable bonds is 8. The third kappa shape index (κ3) is 4.85. The summed E-state index contributed by atoms with van der Waals surface area (Å²) in [7, 11) is 0. The number of anilines is 5. The monoisotopic (exact) mass is 422 g/mol. The lowest BCUT2D eigenvalue weighted by Gasteiger charge is -2.08. The highest BCUT2D eigenvalue weighted by molar-refractivity contribution is 5.59. The molecule has 0 aliphatic heterocycles. The van der Waals surface area contributed by atoms with Crippen molar-refractivity contribution in [3.8, 4) is 11.6 Å². The summed E-state index contributed by atoms with van der Waals surface area (Å²) < 4.78 is 20.8. The molecule has 2 aromatic carbocycles. The van der Waals surface area contributed by atoms with Gasteiger partial charge in [0.2, 0.25) is 11.9 Å². The van der Waals surface area contributed by atoms with Crippen LogP contribution in [0, 0.1) is 5.82 Å². The number of nitrogen functional groups attached to an aromatic ring is 1. The third-order valence-electron chi connectivity index (χ3n) is 4.10. The van der Waals surface area contributed by atoms with Gasteiger partial charge in [0.1, 0.15) is 30.3 Å². The Morgan fingerprint density at radius 2 is 1.90 bits per heavy atom. The minimum atomic E-state index is -0.568. The van der Waals surface area contributed by atoms with Crippen LogP contribution in [0.15, 0.2) is 60.9 Å². The molecule has 0 aliphatic rings. The Morgan fingerprint density at radius 3 is 2.68 bits per heavy atom. The summed E-state index contributed by atoms with van der Waals surface area (Å²) in [6.45, 7) is -0.0807. The number of benzene rings is 2. The Bertz CT molecular complexity index is 1170. The molecule has 0 radical (unpaired) electrons. The maximum absolute atomic E-state index is 14.3. The largest absolute Gasteiger partial charge is 0.491 e. The second-order valence-electron chi connectivity index (χ2n) is 6.30. The zero-order valence-corrected chi connectivity index (χ0v) is 16.2. The second kappa shape index (κ2) is 9.05. The van der Waals surface area contributed by atoms with Gasteiger partial charge < -0.3 is 26.2 Å². The highest BCUT2D eigenvalue weighted by Crippen LogP contribution is 2.24. The molecule has 0 saturated heterocycles. The molecule has 0 fully saturated rings. The molecule has 0 bridgehead atoms. The summed E-state index contributed by atoms with van der Waals surface area (Å²) in [5, 5.41) is 19.0. The molecule has 0 amide bonds. The fraction of sp³-hybridized carbons (Fsp3) is 0.100. The van der Waals surface area contributed by atoms with Crippen molar-refractivity contribution < 1.29 is 14.2 Å². The Hall–Kier alpha value is -4.25. The van der Waals surface area contributed by atoms with Crippen LogP contribution in [-0.4, -0.2) is 43.1 Å². The van der Waals surface area contributed by atoms with E-state index in [-0.39, 0.29) is 30.8 Å². The Labute approximate surface area is 176 Å². The van der Waals surface area contributed by atoms with E-state index >= 15 is 0 Å². The number of halogens is 1. The SMILES string of the molecule is Nc1nc(Nc2ccc(OCCO)cc2F)nn1-c1cc(Nc2ccccc2)ncn1. The molecular weight excluding hydrogens is 403 g/mol. The van der Waals surface area contributed by atoms with E-state index in [0.717, 1.165) is 5.69 Å². The Kier molecular flexibility index (Phi) is 5.85. The van der Waals surface area contributed by atoms with Gasteiger partial charge in [0, 0.05) is 17.8 Å². The maximum atomic E-state index is 14.3. The number of aromatic nitrogens is 5. The molecule has 158 valence electrons. The van der Waals surface area contributed by atoms with Gasteiger partial charge in [0.05, 0.1) is 12.3 Å². The van der Waals surface area contributed by atoms with Crippen LogP contribution in [0.25, 0.3) is 5.82 Å². The van der Waals surface area contributed by atoms with E-state index in [1.54, 1.807) is 12.1 Å². The molecule has 4 aromatic rings. The number of nitrogens with zero attached hydrogens (tertiary/aromatic N) is 5. The molecule has 10 nitrogen and oxygen atoms in total. The van der Waals surface area contributed by atoms with E-state index in [4.69, 9.17) is 15.6 Å². The highest BCUT2D eigenvalue weighted by Gasteiger charge is 2.13. The predicted octanol–water partition coefficient (Wildman–Crippen LogP) is 2.64. The zero-order valence-electron chi connectivity index (χ0n) is 16.2. The average molecular weight is 422 g/mol. The Morgan fingerprint density at radius 1 is 1.06 bits per heavy atom.